The highest BCUT2D eigenvalue weighted by molar-refractivity contribution is 5.62. The number of aliphatic hydroxyl groups is 1. The van der Waals surface area contributed by atoms with Crippen molar-refractivity contribution < 1.29 is 14.9 Å². The molecule has 5 atom stereocenters. The number of phenols is 1. The van der Waals surface area contributed by atoms with Gasteiger partial charge in [-0.25, -0.2) is 0 Å². The largest absolute Gasteiger partial charge is 0.504 e. The number of nitrogens with one attached hydrogen (secondary N) is 1. The zero-order valence-corrected chi connectivity index (χ0v) is 21.0. The second-order valence-corrected chi connectivity index (χ2v) is 11.5. The molecule has 2 fully saturated rings. The lowest BCUT2D eigenvalue weighted by Gasteiger charge is -2.64. The monoisotopic (exact) mass is 474 g/mol. The molecule has 2 heterocycles. The maximum Gasteiger partial charge on any atom is 0.165 e. The van der Waals surface area contributed by atoms with E-state index in [1.54, 1.807) is 6.07 Å². The van der Waals surface area contributed by atoms with E-state index in [-0.39, 0.29) is 23.9 Å². The summed E-state index contributed by atoms with van der Waals surface area (Å²) in [4.78, 5) is 2.40. The van der Waals surface area contributed by atoms with Crippen LogP contribution in [0.2, 0.25) is 0 Å². The van der Waals surface area contributed by atoms with E-state index in [1.165, 1.54) is 16.7 Å². The molecule has 2 aliphatic carbocycles. The molecule has 1 spiro atoms. The fourth-order valence-corrected chi connectivity index (χ4v) is 7.83. The Labute approximate surface area is 208 Å². The van der Waals surface area contributed by atoms with Crippen molar-refractivity contribution in [2.45, 2.75) is 81.7 Å². The van der Waals surface area contributed by atoms with Gasteiger partial charge in [-0.2, -0.15) is 0 Å². The molecule has 186 valence electrons. The third-order valence-electron chi connectivity index (χ3n) is 9.24. The molecule has 1 saturated heterocycles. The predicted molar refractivity (Wildman–Crippen MR) is 138 cm³/mol. The molecule has 6 rings (SSSR count). The summed E-state index contributed by atoms with van der Waals surface area (Å²) in [6.45, 7) is 10.9. The normalized spacial score (nSPS) is 32.9. The summed E-state index contributed by atoms with van der Waals surface area (Å²) in [5.41, 5.74) is 3.65. The van der Waals surface area contributed by atoms with Crippen molar-refractivity contribution >= 4 is 0 Å². The molecule has 0 aromatic heterocycles. The lowest BCUT2D eigenvalue weighted by atomic mass is 9.48. The molecule has 5 nitrogen and oxygen atoms in total. The number of hydrogen-bond donors (Lipinski definition) is 3. The first-order valence-electron chi connectivity index (χ1n) is 13.3. The zero-order chi connectivity index (χ0) is 24.4. The van der Waals surface area contributed by atoms with Crippen LogP contribution >= 0.6 is 0 Å². The van der Waals surface area contributed by atoms with Crippen LogP contribution in [0.25, 0.3) is 0 Å². The summed E-state index contributed by atoms with van der Waals surface area (Å²) in [5.74, 6) is 1.41. The smallest absolute Gasteiger partial charge is 0.165 e. The van der Waals surface area contributed by atoms with Gasteiger partial charge in [-0.05, 0) is 67.3 Å². The summed E-state index contributed by atoms with van der Waals surface area (Å²) in [6.07, 6.45) is 5.99. The Morgan fingerprint density at radius 2 is 2.00 bits per heavy atom. The molecule has 3 N–H and O–H groups in total. The van der Waals surface area contributed by atoms with Crippen molar-refractivity contribution in [2.75, 3.05) is 13.1 Å². The number of ether oxygens (including phenoxy) is 1. The maximum absolute atomic E-state index is 12.5. The quantitative estimate of drug-likeness (QED) is 0.528. The number of benzene rings is 2. The third kappa shape index (κ3) is 3.24. The highest BCUT2D eigenvalue weighted by Gasteiger charge is 2.72. The number of phenolic OH excluding ortho intramolecular Hbond substituents is 1. The molecule has 0 amide bonds. The van der Waals surface area contributed by atoms with Crippen LogP contribution < -0.4 is 10.1 Å². The van der Waals surface area contributed by atoms with Crippen molar-refractivity contribution in [3.8, 4) is 11.5 Å². The minimum Gasteiger partial charge on any atom is -0.504 e. The first kappa shape index (κ1) is 23.1. The Hall–Kier alpha value is -2.34. The standard InChI is InChI=1S/C30H38N2O3/c1-4-14-32-15-13-29-26-21-9-10-24(33)27(26)35-28(29)23(11-12-30(29,34)25(32)17-21)31-18-22-8-6-5-7-20(22)16-19(2)3/h4-10,19,23,25,28,31,33-34H,1,11-18H2,2-3H3/t23-,25+,28-,29-,30+/m0/s1. The van der Waals surface area contributed by atoms with Crippen molar-refractivity contribution in [3.63, 3.8) is 0 Å². The number of likely N-dealkylation sites (tertiary alicyclic amines) is 1. The molecular formula is C30H38N2O3. The molecule has 0 unspecified atom stereocenters. The fourth-order valence-electron chi connectivity index (χ4n) is 7.83. The topological polar surface area (TPSA) is 65.0 Å². The van der Waals surface area contributed by atoms with Crippen LogP contribution in [0, 0.1) is 5.92 Å². The minimum absolute atomic E-state index is 0.0380. The van der Waals surface area contributed by atoms with Gasteiger partial charge < -0.3 is 20.3 Å². The van der Waals surface area contributed by atoms with Crippen LogP contribution in [0.4, 0.5) is 0 Å². The molecule has 2 aliphatic heterocycles. The van der Waals surface area contributed by atoms with Crippen molar-refractivity contribution in [2.24, 2.45) is 5.92 Å². The maximum atomic E-state index is 12.5. The lowest BCUT2D eigenvalue weighted by molar-refractivity contribution is -0.189. The molecule has 2 aromatic rings. The molecular weight excluding hydrogens is 436 g/mol. The molecule has 35 heavy (non-hydrogen) atoms. The van der Waals surface area contributed by atoms with Crippen LogP contribution in [-0.2, 0) is 24.8 Å². The van der Waals surface area contributed by atoms with E-state index < -0.39 is 11.0 Å². The van der Waals surface area contributed by atoms with Gasteiger partial charge in [-0.15, -0.1) is 6.58 Å². The number of rotatable bonds is 7. The fraction of sp³-hybridized carbons (Fsp3) is 0.533. The van der Waals surface area contributed by atoms with E-state index in [0.29, 0.717) is 11.7 Å². The van der Waals surface area contributed by atoms with Crippen molar-refractivity contribution in [1.82, 2.24) is 10.2 Å². The summed E-state index contributed by atoms with van der Waals surface area (Å²) >= 11 is 0. The summed E-state index contributed by atoms with van der Waals surface area (Å²) in [5, 5.41) is 27.1. The van der Waals surface area contributed by atoms with Gasteiger partial charge in [0.1, 0.15) is 6.10 Å². The van der Waals surface area contributed by atoms with Crippen molar-refractivity contribution in [3.05, 3.63) is 71.3 Å². The van der Waals surface area contributed by atoms with E-state index in [4.69, 9.17) is 4.74 Å². The van der Waals surface area contributed by atoms with Crippen molar-refractivity contribution in [1.29, 1.82) is 0 Å². The Kier molecular flexibility index (Phi) is 5.51. The lowest BCUT2D eigenvalue weighted by Crippen LogP contribution is -2.78. The second kappa shape index (κ2) is 8.36. The molecule has 2 bridgehead atoms. The SMILES string of the molecule is C=CCN1CC[C@]23c4c5ccc(O)c4O[C@H]2[C@@H](NCc2ccccc2CC(C)C)CC[C@@]3(O)[C@H]1C5. The molecule has 1 saturated carbocycles. The number of hydrogen-bond acceptors (Lipinski definition) is 5. The van der Waals surface area contributed by atoms with Gasteiger partial charge in [0, 0.05) is 30.7 Å². The van der Waals surface area contributed by atoms with Crippen LogP contribution in [0.1, 0.15) is 55.4 Å². The molecule has 4 aliphatic rings. The number of aromatic hydroxyl groups is 1. The number of piperidine rings is 1. The average Bonchev–Trinajstić information content (AvgIpc) is 3.18. The highest BCUT2D eigenvalue weighted by Crippen LogP contribution is 2.65. The Morgan fingerprint density at radius 3 is 2.77 bits per heavy atom. The van der Waals surface area contributed by atoms with Gasteiger partial charge in [-0.3, -0.25) is 4.90 Å². The van der Waals surface area contributed by atoms with E-state index in [0.717, 1.165) is 57.3 Å². The first-order chi connectivity index (χ1) is 16.9. The van der Waals surface area contributed by atoms with Gasteiger partial charge >= 0.3 is 0 Å². The van der Waals surface area contributed by atoms with Crippen LogP contribution in [0.15, 0.2) is 49.1 Å². The van der Waals surface area contributed by atoms with Crippen LogP contribution in [0.5, 0.6) is 11.5 Å². The molecule has 2 aromatic carbocycles. The van der Waals surface area contributed by atoms with Gasteiger partial charge in [-0.1, -0.05) is 50.3 Å². The molecule has 5 heteroatoms. The minimum atomic E-state index is -0.876. The van der Waals surface area contributed by atoms with E-state index >= 15 is 0 Å². The van der Waals surface area contributed by atoms with Crippen LogP contribution in [0.3, 0.4) is 0 Å². The third-order valence-corrected chi connectivity index (χ3v) is 9.24. The Morgan fingerprint density at radius 1 is 1.20 bits per heavy atom. The van der Waals surface area contributed by atoms with Gasteiger partial charge in [0.25, 0.3) is 0 Å². The van der Waals surface area contributed by atoms with Gasteiger partial charge in [0.15, 0.2) is 11.5 Å². The van der Waals surface area contributed by atoms with Crippen LogP contribution in [-0.4, -0.2) is 52.0 Å². The van der Waals surface area contributed by atoms with Gasteiger partial charge in [0.05, 0.1) is 11.0 Å². The summed E-state index contributed by atoms with van der Waals surface area (Å²) < 4.78 is 6.65. The predicted octanol–water partition coefficient (Wildman–Crippen LogP) is 4.09. The van der Waals surface area contributed by atoms with Gasteiger partial charge in [0.2, 0.25) is 0 Å². The Bertz CT molecular complexity index is 1150. The average molecular weight is 475 g/mol. The summed E-state index contributed by atoms with van der Waals surface area (Å²) in [6, 6.07) is 12.7. The first-order valence-corrected chi connectivity index (χ1v) is 13.3. The molecule has 0 radical (unpaired) electrons. The number of nitrogens with zero attached hydrogens (tertiary/aromatic N) is 1. The zero-order valence-electron chi connectivity index (χ0n) is 21.0. The summed E-state index contributed by atoms with van der Waals surface area (Å²) in [7, 11) is 0. The Balaban J connectivity index is 1.36. The van der Waals surface area contributed by atoms with E-state index in [2.05, 4.69) is 54.9 Å². The van der Waals surface area contributed by atoms with E-state index in [1.807, 2.05) is 12.1 Å². The van der Waals surface area contributed by atoms with E-state index in [9.17, 15) is 10.2 Å². The highest BCUT2D eigenvalue weighted by atomic mass is 16.5. The second-order valence-electron chi connectivity index (χ2n) is 11.5.